The van der Waals surface area contributed by atoms with Gasteiger partial charge in [0.1, 0.15) is 0 Å². The first-order chi connectivity index (χ1) is 15.4. The average molecular weight is 505 g/mol. The molecule has 2 amide bonds. The zero-order valence-electron chi connectivity index (χ0n) is 17.7. The first-order valence-corrected chi connectivity index (χ1v) is 10.9. The molecular formula is C23H25BrN2O6. The number of carbonyl (C=O) groups is 4. The van der Waals surface area contributed by atoms with E-state index in [0.29, 0.717) is 23.5 Å². The lowest BCUT2D eigenvalue weighted by Gasteiger charge is -2.08. The Hall–Kier alpha value is -3.20. The fraction of sp³-hybridized carbons (Fsp3) is 0.304. The standard InChI is InChI=1S/C23H25BrN2O6/c1-2-3-13-31-23(30)16-5-4-6-19(14-16)26-20(27)11-12-22(29)32-15-21(28)25-18-9-7-17(24)8-10-18/h4-10,14H,2-3,11-13,15H2,1H3,(H,25,28)(H,26,27). The van der Waals surface area contributed by atoms with Crippen molar-refractivity contribution in [1.29, 1.82) is 0 Å². The third-order valence-corrected chi connectivity index (χ3v) is 4.69. The Bertz CT molecular complexity index is 946. The molecule has 0 radical (unpaired) electrons. The number of rotatable bonds is 11. The normalized spacial score (nSPS) is 10.2. The van der Waals surface area contributed by atoms with Crippen LogP contribution < -0.4 is 10.6 Å². The Morgan fingerprint density at radius 3 is 2.31 bits per heavy atom. The number of amides is 2. The summed E-state index contributed by atoms with van der Waals surface area (Å²) in [6, 6.07) is 13.3. The van der Waals surface area contributed by atoms with Gasteiger partial charge in [0.2, 0.25) is 5.91 Å². The van der Waals surface area contributed by atoms with Gasteiger partial charge in [-0.05, 0) is 48.9 Å². The number of esters is 2. The van der Waals surface area contributed by atoms with Crippen molar-refractivity contribution >= 4 is 51.1 Å². The average Bonchev–Trinajstić information content (AvgIpc) is 2.78. The molecular weight excluding hydrogens is 480 g/mol. The lowest BCUT2D eigenvalue weighted by Crippen LogP contribution is -2.21. The Labute approximate surface area is 194 Å². The topological polar surface area (TPSA) is 111 Å². The molecule has 0 fully saturated rings. The van der Waals surface area contributed by atoms with E-state index in [1.807, 2.05) is 6.92 Å². The second-order valence-electron chi connectivity index (χ2n) is 6.83. The molecule has 170 valence electrons. The summed E-state index contributed by atoms with van der Waals surface area (Å²) in [6.07, 6.45) is 1.39. The minimum absolute atomic E-state index is 0.127. The summed E-state index contributed by atoms with van der Waals surface area (Å²) in [5.74, 6) is -2.02. The van der Waals surface area contributed by atoms with Gasteiger partial charge < -0.3 is 20.1 Å². The fourth-order valence-electron chi connectivity index (χ4n) is 2.50. The van der Waals surface area contributed by atoms with E-state index in [9.17, 15) is 19.2 Å². The van der Waals surface area contributed by atoms with Crippen molar-refractivity contribution in [3.63, 3.8) is 0 Å². The molecule has 0 aliphatic rings. The smallest absolute Gasteiger partial charge is 0.338 e. The van der Waals surface area contributed by atoms with Gasteiger partial charge in [-0.3, -0.25) is 14.4 Å². The largest absolute Gasteiger partial charge is 0.462 e. The van der Waals surface area contributed by atoms with E-state index >= 15 is 0 Å². The van der Waals surface area contributed by atoms with E-state index < -0.39 is 30.4 Å². The van der Waals surface area contributed by atoms with Crippen LogP contribution in [0.25, 0.3) is 0 Å². The number of hydrogen-bond donors (Lipinski definition) is 2. The Morgan fingerprint density at radius 2 is 1.59 bits per heavy atom. The van der Waals surface area contributed by atoms with Gasteiger partial charge in [0.15, 0.2) is 6.61 Å². The molecule has 0 saturated carbocycles. The van der Waals surface area contributed by atoms with Crippen molar-refractivity contribution in [2.24, 2.45) is 0 Å². The maximum Gasteiger partial charge on any atom is 0.338 e. The summed E-state index contributed by atoms with van der Waals surface area (Å²) >= 11 is 3.30. The van der Waals surface area contributed by atoms with Crippen LogP contribution in [-0.4, -0.2) is 37.0 Å². The number of hydrogen-bond acceptors (Lipinski definition) is 6. The van der Waals surface area contributed by atoms with Gasteiger partial charge in [-0.25, -0.2) is 4.79 Å². The predicted octanol–water partition coefficient (Wildman–Crippen LogP) is 4.31. The van der Waals surface area contributed by atoms with Gasteiger partial charge in [0.05, 0.1) is 18.6 Å². The third kappa shape index (κ3) is 9.30. The second kappa shape index (κ2) is 13.3. The first kappa shape index (κ1) is 25.1. The Kier molecular flexibility index (Phi) is 10.4. The number of nitrogens with one attached hydrogen (secondary N) is 2. The van der Waals surface area contributed by atoms with Crippen molar-refractivity contribution in [2.75, 3.05) is 23.8 Å². The van der Waals surface area contributed by atoms with E-state index in [-0.39, 0.29) is 12.8 Å². The zero-order valence-corrected chi connectivity index (χ0v) is 19.3. The van der Waals surface area contributed by atoms with Crippen LogP contribution in [0.2, 0.25) is 0 Å². The van der Waals surface area contributed by atoms with Gasteiger partial charge in [-0.15, -0.1) is 0 Å². The Morgan fingerprint density at radius 1 is 0.875 bits per heavy atom. The van der Waals surface area contributed by atoms with Gasteiger partial charge in [-0.2, -0.15) is 0 Å². The van der Waals surface area contributed by atoms with Gasteiger partial charge in [-0.1, -0.05) is 35.3 Å². The zero-order chi connectivity index (χ0) is 23.3. The number of ether oxygens (including phenoxy) is 2. The van der Waals surface area contributed by atoms with Crippen LogP contribution in [0, 0.1) is 0 Å². The summed E-state index contributed by atoms with van der Waals surface area (Å²) in [7, 11) is 0. The number of unbranched alkanes of at least 4 members (excludes halogenated alkanes) is 1. The minimum atomic E-state index is -0.667. The van der Waals surface area contributed by atoms with Crippen molar-refractivity contribution in [3.05, 3.63) is 58.6 Å². The monoisotopic (exact) mass is 504 g/mol. The summed E-state index contributed by atoms with van der Waals surface area (Å²) in [4.78, 5) is 47.8. The molecule has 0 atom stereocenters. The molecule has 2 N–H and O–H groups in total. The molecule has 0 aliphatic heterocycles. The number of halogens is 1. The number of carbonyl (C=O) groups excluding carboxylic acids is 4. The van der Waals surface area contributed by atoms with E-state index in [0.717, 1.165) is 17.3 Å². The highest BCUT2D eigenvalue weighted by molar-refractivity contribution is 9.10. The van der Waals surface area contributed by atoms with Crippen LogP contribution >= 0.6 is 15.9 Å². The summed E-state index contributed by atoms with van der Waals surface area (Å²) in [5, 5.41) is 5.22. The van der Waals surface area contributed by atoms with E-state index in [4.69, 9.17) is 9.47 Å². The molecule has 0 saturated heterocycles. The van der Waals surface area contributed by atoms with E-state index in [1.54, 1.807) is 42.5 Å². The van der Waals surface area contributed by atoms with Crippen molar-refractivity contribution < 1.29 is 28.7 Å². The maximum atomic E-state index is 12.1. The van der Waals surface area contributed by atoms with Crippen molar-refractivity contribution in [3.8, 4) is 0 Å². The summed E-state index contributed by atoms with van der Waals surface area (Å²) in [6.45, 7) is 1.90. The summed E-state index contributed by atoms with van der Waals surface area (Å²) < 4.78 is 10.9. The lowest BCUT2D eigenvalue weighted by molar-refractivity contribution is -0.147. The van der Waals surface area contributed by atoms with Crippen LogP contribution in [0.4, 0.5) is 11.4 Å². The van der Waals surface area contributed by atoms with Crippen LogP contribution in [0.1, 0.15) is 43.0 Å². The quantitative estimate of drug-likeness (QED) is 0.348. The van der Waals surface area contributed by atoms with Gasteiger partial charge >= 0.3 is 11.9 Å². The fourth-order valence-corrected chi connectivity index (χ4v) is 2.77. The molecule has 2 rings (SSSR count). The molecule has 0 bridgehead atoms. The van der Waals surface area contributed by atoms with E-state index in [1.165, 1.54) is 6.07 Å². The first-order valence-electron chi connectivity index (χ1n) is 10.2. The van der Waals surface area contributed by atoms with Gasteiger partial charge in [0, 0.05) is 22.3 Å². The molecule has 32 heavy (non-hydrogen) atoms. The highest BCUT2D eigenvalue weighted by Crippen LogP contribution is 2.14. The maximum absolute atomic E-state index is 12.1. The SMILES string of the molecule is CCCCOC(=O)c1cccc(NC(=O)CCC(=O)OCC(=O)Nc2ccc(Br)cc2)c1. The third-order valence-electron chi connectivity index (χ3n) is 4.16. The highest BCUT2D eigenvalue weighted by Gasteiger charge is 2.12. The second-order valence-corrected chi connectivity index (χ2v) is 7.75. The molecule has 8 nitrogen and oxygen atoms in total. The molecule has 2 aromatic rings. The van der Waals surface area contributed by atoms with Crippen LogP contribution in [0.5, 0.6) is 0 Å². The molecule has 0 aliphatic carbocycles. The molecule has 0 heterocycles. The molecule has 0 unspecified atom stereocenters. The lowest BCUT2D eigenvalue weighted by atomic mass is 10.2. The van der Waals surface area contributed by atoms with Crippen molar-refractivity contribution in [1.82, 2.24) is 0 Å². The minimum Gasteiger partial charge on any atom is -0.462 e. The van der Waals surface area contributed by atoms with Crippen LogP contribution in [-0.2, 0) is 23.9 Å². The molecule has 0 spiro atoms. The molecule has 0 aromatic heterocycles. The number of anilines is 2. The van der Waals surface area contributed by atoms with E-state index in [2.05, 4.69) is 26.6 Å². The molecule has 2 aromatic carbocycles. The van der Waals surface area contributed by atoms with Crippen LogP contribution in [0.15, 0.2) is 53.0 Å². The number of benzene rings is 2. The predicted molar refractivity (Wildman–Crippen MR) is 123 cm³/mol. The van der Waals surface area contributed by atoms with Gasteiger partial charge in [0.25, 0.3) is 5.91 Å². The van der Waals surface area contributed by atoms with Crippen molar-refractivity contribution in [2.45, 2.75) is 32.6 Å². The van der Waals surface area contributed by atoms with Crippen LogP contribution in [0.3, 0.4) is 0 Å². The summed E-state index contributed by atoms with van der Waals surface area (Å²) in [5.41, 5.74) is 1.32. The highest BCUT2D eigenvalue weighted by atomic mass is 79.9. The Balaban J connectivity index is 1.71. The molecule has 9 heteroatoms.